The first-order chi connectivity index (χ1) is 7.37. The molecule has 0 saturated carbocycles. The molecule has 16 heavy (non-hydrogen) atoms. The van der Waals surface area contributed by atoms with Gasteiger partial charge in [0.25, 0.3) is 0 Å². The summed E-state index contributed by atoms with van der Waals surface area (Å²) in [5.74, 6) is 0.466. The maximum atomic E-state index is 11.9. The van der Waals surface area contributed by atoms with Crippen LogP contribution in [0.2, 0.25) is 0 Å². The number of ether oxygens (including phenoxy) is 1. The molecule has 0 bridgehead atoms. The van der Waals surface area contributed by atoms with Gasteiger partial charge in [-0.05, 0) is 24.0 Å². The number of rotatable bonds is 4. The molecule has 0 aromatic carbocycles. The third kappa shape index (κ3) is 5.00. The van der Waals surface area contributed by atoms with Crippen molar-refractivity contribution in [2.24, 2.45) is 5.92 Å². The van der Waals surface area contributed by atoms with E-state index in [-0.39, 0.29) is 5.88 Å². The van der Waals surface area contributed by atoms with Gasteiger partial charge < -0.3 is 4.74 Å². The van der Waals surface area contributed by atoms with E-state index in [1.54, 1.807) is 12.1 Å². The fourth-order valence-electron chi connectivity index (χ4n) is 1.28. The van der Waals surface area contributed by atoms with Gasteiger partial charge in [0.15, 0.2) is 6.61 Å². The van der Waals surface area contributed by atoms with Crippen LogP contribution in [0.1, 0.15) is 19.4 Å². The van der Waals surface area contributed by atoms with E-state index in [0.29, 0.717) is 5.92 Å². The van der Waals surface area contributed by atoms with Gasteiger partial charge in [0.1, 0.15) is 0 Å². The van der Waals surface area contributed by atoms with Crippen molar-refractivity contribution in [2.45, 2.75) is 26.4 Å². The number of aromatic nitrogens is 1. The standard InChI is InChI=1S/C11H14F3NO/c1-8(2)5-9-3-4-15-10(6-9)16-7-11(12,13)14/h3-4,6,8H,5,7H2,1-2H3. The highest BCUT2D eigenvalue weighted by Gasteiger charge is 2.28. The smallest absolute Gasteiger partial charge is 0.422 e. The number of hydrogen-bond acceptors (Lipinski definition) is 2. The molecule has 1 aromatic rings. The molecule has 1 rings (SSSR count). The molecule has 0 atom stereocenters. The summed E-state index contributed by atoms with van der Waals surface area (Å²) in [5.41, 5.74) is 0.933. The number of nitrogens with zero attached hydrogens (tertiary/aromatic N) is 1. The quantitative estimate of drug-likeness (QED) is 0.796. The molecule has 0 unspecified atom stereocenters. The molecular weight excluding hydrogens is 219 g/mol. The Balaban J connectivity index is 2.60. The molecule has 0 N–H and O–H groups in total. The van der Waals surface area contributed by atoms with Gasteiger partial charge in [0.2, 0.25) is 5.88 Å². The van der Waals surface area contributed by atoms with Crippen molar-refractivity contribution in [2.75, 3.05) is 6.61 Å². The maximum Gasteiger partial charge on any atom is 0.422 e. The molecule has 1 aromatic heterocycles. The van der Waals surface area contributed by atoms with E-state index in [4.69, 9.17) is 0 Å². The topological polar surface area (TPSA) is 22.1 Å². The Labute approximate surface area is 92.5 Å². The Morgan fingerprint density at radius 1 is 1.38 bits per heavy atom. The first-order valence-corrected chi connectivity index (χ1v) is 5.01. The second kappa shape index (κ2) is 5.18. The fourth-order valence-corrected chi connectivity index (χ4v) is 1.28. The first-order valence-electron chi connectivity index (χ1n) is 5.01. The predicted octanol–water partition coefficient (Wildman–Crippen LogP) is 3.22. The van der Waals surface area contributed by atoms with Crippen LogP contribution in [0.5, 0.6) is 5.88 Å². The molecule has 0 fully saturated rings. The summed E-state index contributed by atoms with van der Waals surface area (Å²) >= 11 is 0. The highest BCUT2D eigenvalue weighted by molar-refractivity contribution is 5.20. The van der Waals surface area contributed by atoms with Crippen molar-refractivity contribution >= 4 is 0 Å². The average Bonchev–Trinajstić information content (AvgIpc) is 2.13. The number of alkyl halides is 3. The van der Waals surface area contributed by atoms with Crippen LogP contribution in [0.25, 0.3) is 0 Å². The van der Waals surface area contributed by atoms with Crippen molar-refractivity contribution in [3.05, 3.63) is 23.9 Å². The molecular formula is C11H14F3NO. The van der Waals surface area contributed by atoms with Gasteiger partial charge in [-0.2, -0.15) is 13.2 Å². The number of halogens is 3. The molecule has 0 saturated heterocycles. The van der Waals surface area contributed by atoms with E-state index in [0.717, 1.165) is 12.0 Å². The molecule has 0 amide bonds. The predicted molar refractivity (Wildman–Crippen MR) is 54.3 cm³/mol. The molecule has 0 radical (unpaired) electrons. The van der Waals surface area contributed by atoms with Crippen molar-refractivity contribution in [3.63, 3.8) is 0 Å². The highest BCUT2D eigenvalue weighted by Crippen LogP contribution is 2.18. The van der Waals surface area contributed by atoms with Crippen LogP contribution in [0.4, 0.5) is 13.2 Å². The second-order valence-corrected chi connectivity index (χ2v) is 4.00. The van der Waals surface area contributed by atoms with Gasteiger partial charge in [0, 0.05) is 12.3 Å². The van der Waals surface area contributed by atoms with E-state index >= 15 is 0 Å². The molecule has 0 aliphatic heterocycles. The Bertz CT molecular complexity index is 336. The molecule has 1 heterocycles. The SMILES string of the molecule is CC(C)Cc1ccnc(OCC(F)(F)F)c1. The Morgan fingerprint density at radius 2 is 2.06 bits per heavy atom. The average molecular weight is 233 g/mol. The zero-order chi connectivity index (χ0) is 12.2. The lowest BCUT2D eigenvalue weighted by molar-refractivity contribution is -0.154. The molecule has 0 spiro atoms. The van der Waals surface area contributed by atoms with Crippen LogP contribution in [0.15, 0.2) is 18.3 Å². The first kappa shape index (κ1) is 12.8. The van der Waals surface area contributed by atoms with Crippen molar-refractivity contribution < 1.29 is 17.9 Å². The third-order valence-electron chi connectivity index (χ3n) is 1.83. The van der Waals surface area contributed by atoms with Crippen LogP contribution < -0.4 is 4.74 Å². The number of hydrogen-bond donors (Lipinski definition) is 0. The van der Waals surface area contributed by atoms with Crippen LogP contribution >= 0.6 is 0 Å². The van der Waals surface area contributed by atoms with Crippen molar-refractivity contribution in [1.29, 1.82) is 0 Å². The minimum absolute atomic E-state index is 0.0236. The Kier molecular flexibility index (Phi) is 4.15. The van der Waals surface area contributed by atoms with Crippen LogP contribution in [-0.2, 0) is 6.42 Å². The third-order valence-corrected chi connectivity index (χ3v) is 1.83. The maximum absolute atomic E-state index is 11.9. The zero-order valence-corrected chi connectivity index (χ0v) is 9.21. The minimum Gasteiger partial charge on any atom is -0.468 e. The Morgan fingerprint density at radius 3 is 2.62 bits per heavy atom. The fraction of sp³-hybridized carbons (Fsp3) is 0.545. The van der Waals surface area contributed by atoms with E-state index in [1.807, 2.05) is 13.8 Å². The monoisotopic (exact) mass is 233 g/mol. The van der Waals surface area contributed by atoms with Gasteiger partial charge in [-0.25, -0.2) is 4.98 Å². The normalized spacial score (nSPS) is 11.9. The van der Waals surface area contributed by atoms with Crippen molar-refractivity contribution in [3.8, 4) is 5.88 Å². The van der Waals surface area contributed by atoms with E-state index in [2.05, 4.69) is 9.72 Å². The largest absolute Gasteiger partial charge is 0.468 e. The van der Waals surface area contributed by atoms with Crippen LogP contribution in [-0.4, -0.2) is 17.8 Å². The van der Waals surface area contributed by atoms with Gasteiger partial charge in [0.05, 0.1) is 0 Å². The number of pyridine rings is 1. The molecule has 90 valence electrons. The van der Waals surface area contributed by atoms with Gasteiger partial charge in [-0.15, -0.1) is 0 Å². The summed E-state index contributed by atoms with van der Waals surface area (Å²) in [5, 5.41) is 0. The van der Waals surface area contributed by atoms with Gasteiger partial charge in [-0.3, -0.25) is 0 Å². The van der Waals surface area contributed by atoms with Gasteiger partial charge in [-0.1, -0.05) is 13.8 Å². The van der Waals surface area contributed by atoms with E-state index < -0.39 is 12.8 Å². The van der Waals surface area contributed by atoms with E-state index in [9.17, 15) is 13.2 Å². The molecule has 5 heteroatoms. The second-order valence-electron chi connectivity index (χ2n) is 4.00. The summed E-state index contributed by atoms with van der Waals surface area (Å²) in [7, 11) is 0. The van der Waals surface area contributed by atoms with Gasteiger partial charge >= 0.3 is 6.18 Å². The summed E-state index contributed by atoms with van der Waals surface area (Å²) < 4.78 is 40.3. The molecule has 0 aliphatic carbocycles. The lowest BCUT2D eigenvalue weighted by atomic mass is 10.0. The summed E-state index contributed by atoms with van der Waals surface area (Å²) in [4.78, 5) is 3.73. The van der Waals surface area contributed by atoms with Crippen LogP contribution in [0.3, 0.4) is 0 Å². The minimum atomic E-state index is -4.32. The van der Waals surface area contributed by atoms with E-state index in [1.165, 1.54) is 6.20 Å². The van der Waals surface area contributed by atoms with Crippen LogP contribution in [0, 0.1) is 5.92 Å². The summed E-state index contributed by atoms with van der Waals surface area (Å²) in [6, 6.07) is 3.33. The lowest BCUT2D eigenvalue weighted by Gasteiger charge is -2.10. The summed E-state index contributed by atoms with van der Waals surface area (Å²) in [6.07, 6.45) is -2.07. The van der Waals surface area contributed by atoms with Crippen molar-refractivity contribution in [1.82, 2.24) is 4.98 Å². The Hall–Kier alpha value is -1.26. The molecule has 0 aliphatic rings. The lowest BCUT2D eigenvalue weighted by Crippen LogP contribution is -2.19. The summed E-state index contributed by atoms with van der Waals surface area (Å²) in [6.45, 7) is 2.78. The molecule has 2 nitrogen and oxygen atoms in total. The zero-order valence-electron chi connectivity index (χ0n) is 9.21. The highest BCUT2D eigenvalue weighted by atomic mass is 19.4.